The van der Waals surface area contributed by atoms with Crippen LogP contribution in [-0.2, 0) is 0 Å². The summed E-state index contributed by atoms with van der Waals surface area (Å²) < 4.78 is 1.91. The average Bonchev–Trinajstić information content (AvgIpc) is 2.21. The first-order chi connectivity index (χ1) is 6.88. The molecule has 4 heteroatoms. The van der Waals surface area contributed by atoms with Crippen LogP contribution in [0.15, 0.2) is 27.1 Å². The minimum atomic E-state index is -0.549. The number of rotatable bonds is 3. The first-order valence-corrected chi connectivity index (χ1v) is 6.30. The minimum Gasteiger partial charge on any atom is -0.388 e. The molecule has 0 saturated heterocycles. The van der Waals surface area contributed by atoms with Crippen LogP contribution in [0.1, 0.15) is 25.5 Å². The molecular formula is C11H15Br2NO. The van der Waals surface area contributed by atoms with Gasteiger partial charge in [-0.15, -0.1) is 0 Å². The Hall–Kier alpha value is 0.1000. The number of aliphatic hydroxyl groups excluding tert-OH is 1. The lowest BCUT2D eigenvalue weighted by atomic mass is 9.83. The molecule has 0 bridgehead atoms. The van der Waals surface area contributed by atoms with Crippen LogP contribution in [0.2, 0.25) is 0 Å². The molecule has 1 aromatic carbocycles. The molecule has 0 aliphatic rings. The standard InChI is InChI=1S/C11H15Br2NO/c1-11(2,6-14)10(15)7-3-4-8(12)9(13)5-7/h3-5,10,15H,6,14H2,1-2H3. The molecule has 0 aromatic heterocycles. The molecule has 15 heavy (non-hydrogen) atoms. The summed E-state index contributed by atoms with van der Waals surface area (Å²) in [6, 6.07) is 5.72. The molecule has 0 spiro atoms. The summed E-state index contributed by atoms with van der Waals surface area (Å²) in [6.45, 7) is 4.35. The number of halogens is 2. The van der Waals surface area contributed by atoms with Crippen LogP contribution in [0, 0.1) is 5.41 Å². The van der Waals surface area contributed by atoms with Crippen LogP contribution in [0.3, 0.4) is 0 Å². The highest BCUT2D eigenvalue weighted by Gasteiger charge is 2.27. The molecule has 0 amide bonds. The largest absolute Gasteiger partial charge is 0.388 e. The van der Waals surface area contributed by atoms with Gasteiger partial charge in [-0.25, -0.2) is 0 Å². The smallest absolute Gasteiger partial charge is 0.0853 e. The van der Waals surface area contributed by atoms with Crippen molar-refractivity contribution >= 4 is 31.9 Å². The number of aliphatic hydroxyl groups is 1. The summed E-state index contributed by atoms with van der Waals surface area (Å²) in [5.74, 6) is 0. The summed E-state index contributed by atoms with van der Waals surface area (Å²) >= 11 is 6.81. The number of hydrogen-bond acceptors (Lipinski definition) is 2. The van der Waals surface area contributed by atoms with Gasteiger partial charge in [0.05, 0.1) is 6.10 Å². The van der Waals surface area contributed by atoms with Gasteiger partial charge in [-0.05, 0) is 49.6 Å². The van der Waals surface area contributed by atoms with E-state index < -0.39 is 6.10 Å². The zero-order valence-corrected chi connectivity index (χ0v) is 12.0. The molecule has 0 radical (unpaired) electrons. The molecule has 0 fully saturated rings. The number of benzene rings is 1. The van der Waals surface area contributed by atoms with Gasteiger partial charge in [0.25, 0.3) is 0 Å². The van der Waals surface area contributed by atoms with E-state index in [1.165, 1.54) is 0 Å². The topological polar surface area (TPSA) is 46.2 Å². The summed E-state index contributed by atoms with van der Waals surface area (Å²) in [7, 11) is 0. The van der Waals surface area contributed by atoms with Gasteiger partial charge in [-0.1, -0.05) is 19.9 Å². The van der Waals surface area contributed by atoms with E-state index in [0.29, 0.717) is 6.54 Å². The van der Waals surface area contributed by atoms with Crippen LogP contribution < -0.4 is 5.73 Å². The third kappa shape index (κ3) is 3.03. The van der Waals surface area contributed by atoms with Gasteiger partial charge >= 0.3 is 0 Å². The van der Waals surface area contributed by atoms with Crippen LogP contribution in [-0.4, -0.2) is 11.7 Å². The van der Waals surface area contributed by atoms with Crippen molar-refractivity contribution in [2.24, 2.45) is 11.1 Å². The highest BCUT2D eigenvalue weighted by molar-refractivity contribution is 9.13. The number of hydrogen-bond donors (Lipinski definition) is 2. The zero-order chi connectivity index (χ0) is 11.6. The molecular weight excluding hydrogens is 322 g/mol. The van der Waals surface area contributed by atoms with E-state index in [9.17, 15) is 5.11 Å². The first kappa shape index (κ1) is 13.2. The van der Waals surface area contributed by atoms with Gasteiger partial charge in [-0.2, -0.15) is 0 Å². The Kier molecular flexibility index (Phi) is 4.35. The highest BCUT2D eigenvalue weighted by atomic mass is 79.9. The van der Waals surface area contributed by atoms with Gasteiger partial charge < -0.3 is 10.8 Å². The monoisotopic (exact) mass is 335 g/mol. The van der Waals surface area contributed by atoms with Gasteiger partial charge in [-0.3, -0.25) is 0 Å². The maximum Gasteiger partial charge on any atom is 0.0853 e. The van der Waals surface area contributed by atoms with Crippen LogP contribution in [0.5, 0.6) is 0 Å². The second kappa shape index (κ2) is 4.95. The summed E-state index contributed by atoms with van der Waals surface area (Å²) in [6.07, 6.45) is -0.549. The predicted molar refractivity (Wildman–Crippen MR) is 69.6 cm³/mol. The molecule has 3 N–H and O–H groups in total. The quantitative estimate of drug-likeness (QED) is 0.890. The van der Waals surface area contributed by atoms with Crippen molar-refractivity contribution < 1.29 is 5.11 Å². The Morgan fingerprint density at radius 3 is 2.40 bits per heavy atom. The number of nitrogens with two attached hydrogens (primary N) is 1. The average molecular weight is 337 g/mol. The fraction of sp³-hybridized carbons (Fsp3) is 0.455. The Labute approximate surface area is 107 Å². The molecule has 84 valence electrons. The molecule has 1 rings (SSSR count). The Balaban J connectivity index is 3.02. The SMILES string of the molecule is CC(C)(CN)C(O)c1ccc(Br)c(Br)c1. The maximum atomic E-state index is 10.1. The van der Waals surface area contributed by atoms with Gasteiger partial charge in [0, 0.05) is 20.9 Å². The first-order valence-electron chi connectivity index (χ1n) is 4.71. The molecule has 0 aliphatic carbocycles. The normalized spacial score (nSPS) is 14.0. The Morgan fingerprint density at radius 2 is 1.93 bits per heavy atom. The van der Waals surface area contributed by atoms with E-state index >= 15 is 0 Å². The maximum absolute atomic E-state index is 10.1. The lowest BCUT2D eigenvalue weighted by molar-refractivity contribution is 0.0554. The summed E-state index contributed by atoms with van der Waals surface area (Å²) in [5.41, 5.74) is 6.19. The van der Waals surface area contributed by atoms with Crippen LogP contribution in [0.25, 0.3) is 0 Å². The lowest BCUT2D eigenvalue weighted by Gasteiger charge is -2.29. The van der Waals surface area contributed by atoms with E-state index in [2.05, 4.69) is 31.9 Å². The third-order valence-electron chi connectivity index (χ3n) is 2.53. The van der Waals surface area contributed by atoms with E-state index in [1.807, 2.05) is 32.0 Å². The fourth-order valence-corrected chi connectivity index (χ4v) is 1.89. The van der Waals surface area contributed by atoms with Gasteiger partial charge in [0.1, 0.15) is 0 Å². The molecule has 1 unspecified atom stereocenters. The van der Waals surface area contributed by atoms with Crippen molar-refractivity contribution in [3.63, 3.8) is 0 Å². The Morgan fingerprint density at radius 1 is 1.33 bits per heavy atom. The van der Waals surface area contributed by atoms with Crippen molar-refractivity contribution in [1.29, 1.82) is 0 Å². The van der Waals surface area contributed by atoms with E-state index in [-0.39, 0.29) is 5.41 Å². The van der Waals surface area contributed by atoms with Gasteiger partial charge in [0.15, 0.2) is 0 Å². The van der Waals surface area contributed by atoms with Crippen molar-refractivity contribution in [3.05, 3.63) is 32.7 Å². The van der Waals surface area contributed by atoms with E-state index in [4.69, 9.17) is 5.73 Å². The highest BCUT2D eigenvalue weighted by Crippen LogP contribution is 2.35. The van der Waals surface area contributed by atoms with Crippen molar-refractivity contribution in [2.45, 2.75) is 20.0 Å². The predicted octanol–water partition coefficient (Wildman–Crippen LogP) is 3.23. The molecule has 1 atom stereocenters. The molecule has 0 saturated carbocycles. The van der Waals surface area contributed by atoms with E-state index in [1.54, 1.807) is 0 Å². The second-order valence-electron chi connectivity index (χ2n) is 4.27. The second-order valence-corrected chi connectivity index (χ2v) is 5.98. The Bertz CT molecular complexity index is 352. The van der Waals surface area contributed by atoms with Crippen molar-refractivity contribution in [1.82, 2.24) is 0 Å². The lowest BCUT2D eigenvalue weighted by Crippen LogP contribution is -2.30. The summed E-state index contributed by atoms with van der Waals surface area (Å²) in [4.78, 5) is 0. The minimum absolute atomic E-state index is 0.312. The third-order valence-corrected chi connectivity index (χ3v) is 4.41. The van der Waals surface area contributed by atoms with Crippen molar-refractivity contribution in [2.75, 3.05) is 6.54 Å². The fourth-order valence-electron chi connectivity index (χ4n) is 1.25. The molecule has 0 heterocycles. The molecule has 1 aromatic rings. The van der Waals surface area contributed by atoms with Gasteiger partial charge in [0.2, 0.25) is 0 Å². The summed E-state index contributed by atoms with van der Waals surface area (Å²) in [5, 5.41) is 10.1. The molecule has 0 aliphatic heterocycles. The van der Waals surface area contributed by atoms with Crippen LogP contribution in [0.4, 0.5) is 0 Å². The van der Waals surface area contributed by atoms with E-state index in [0.717, 1.165) is 14.5 Å². The van der Waals surface area contributed by atoms with Crippen molar-refractivity contribution in [3.8, 4) is 0 Å². The van der Waals surface area contributed by atoms with Crippen LogP contribution >= 0.6 is 31.9 Å². The zero-order valence-electron chi connectivity index (χ0n) is 8.80. The molecule has 2 nitrogen and oxygen atoms in total.